The van der Waals surface area contributed by atoms with Gasteiger partial charge in [0.1, 0.15) is 5.75 Å². The normalized spacial score (nSPS) is 18.1. The van der Waals surface area contributed by atoms with Crippen LogP contribution in [-0.4, -0.2) is 91.7 Å². The number of rotatable bonds is 4. The number of alkyl halides is 3. The largest absolute Gasteiger partial charge is 0.573 e. The third-order valence-electron chi connectivity index (χ3n) is 5.70. The zero-order valence-corrected chi connectivity index (χ0v) is 17.8. The molecular weight excluding hydrogens is 425 g/mol. The Bertz CT molecular complexity index is 924. The van der Waals surface area contributed by atoms with Crippen molar-refractivity contribution in [2.24, 2.45) is 0 Å². The van der Waals surface area contributed by atoms with E-state index in [1.165, 1.54) is 23.1 Å². The molecule has 0 N–H and O–H groups in total. The van der Waals surface area contributed by atoms with Gasteiger partial charge in [0.25, 0.3) is 5.91 Å². The van der Waals surface area contributed by atoms with E-state index in [2.05, 4.69) is 31.8 Å². The number of nitrogens with zero attached hydrogens (tertiary/aromatic N) is 6. The van der Waals surface area contributed by atoms with Gasteiger partial charge in [-0.2, -0.15) is 0 Å². The number of hydrogen-bond donors (Lipinski definition) is 0. The van der Waals surface area contributed by atoms with Crippen molar-refractivity contribution in [3.63, 3.8) is 0 Å². The lowest BCUT2D eigenvalue weighted by Crippen LogP contribution is -2.49. The van der Waals surface area contributed by atoms with E-state index in [0.29, 0.717) is 26.2 Å². The number of ether oxygens (including phenoxy) is 1. The van der Waals surface area contributed by atoms with Crippen molar-refractivity contribution in [1.82, 2.24) is 20.0 Å². The molecule has 0 unspecified atom stereocenters. The van der Waals surface area contributed by atoms with Crippen LogP contribution in [0.5, 0.6) is 5.75 Å². The molecule has 2 aliphatic rings. The van der Waals surface area contributed by atoms with E-state index in [-0.39, 0.29) is 5.56 Å². The van der Waals surface area contributed by atoms with Crippen molar-refractivity contribution < 1.29 is 22.7 Å². The standard InChI is InChI=1S/C21H25F3N6O2/c1-27-8-10-28(11-9-27)18-6-7-19(26-25-18)29-12-14-30(15-13-29)20(31)16-4-2-3-5-17(16)32-21(22,23)24/h2-7H,8-15H2,1H3. The number of halogens is 3. The number of likely N-dealkylation sites (N-methyl/N-ethyl adjacent to an activating group) is 1. The number of amides is 1. The van der Waals surface area contributed by atoms with Crippen LogP contribution in [0.15, 0.2) is 36.4 Å². The average Bonchev–Trinajstić information content (AvgIpc) is 2.79. The Kier molecular flexibility index (Phi) is 6.35. The average molecular weight is 450 g/mol. The number of carbonyl (C=O) groups excluding carboxylic acids is 1. The molecule has 8 nitrogen and oxygen atoms in total. The second-order valence-electron chi connectivity index (χ2n) is 7.86. The van der Waals surface area contributed by atoms with Crippen LogP contribution in [0.1, 0.15) is 10.4 Å². The van der Waals surface area contributed by atoms with Crippen molar-refractivity contribution in [2.75, 3.05) is 69.2 Å². The summed E-state index contributed by atoms with van der Waals surface area (Å²) in [4.78, 5) is 20.8. The van der Waals surface area contributed by atoms with Gasteiger partial charge in [-0.1, -0.05) is 12.1 Å². The lowest BCUT2D eigenvalue weighted by Gasteiger charge is -2.36. The molecular formula is C21H25F3N6O2. The zero-order chi connectivity index (χ0) is 22.7. The molecule has 0 spiro atoms. The van der Waals surface area contributed by atoms with Gasteiger partial charge >= 0.3 is 6.36 Å². The molecule has 2 saturated heterocycles. The van der Waals surface area contributed by atoms with Crippen LogP contribution in [0.2, 0.25) is 0 Å². The Labute approximate surface area is 184 Å². The summed E-state index contributed by atoms with van der Waals surface area (Å²) in [5.41, 5.74) is -0.102. The fourth-order valence-corrected chi connectivity index (χ4v) is 3.86. The predicted octanol–water partition coefficient (Wildman–Crippen LogP) is 2.09. The second-order valence-corrected chi connectivity index (χ2v) is 7.86. The molecule has 1 aromatic heterocycles. The highest BCUT2D eigenvalue weighted by Gasteiger charge is 2.34. The maximum atomic E-state index is 12.8. The van der Waals surface area contributed by atoms with E-state index in [4.69, 9.17) is 0 Å². The first-order valence-electron chi connectivity index (χ1n) is 10.5. The molecule has 11 heteroatoms. The number of carbonyl (C=O) groups is 1. The van der Waals surface area contributed by atoms with Gasteiger partial charge in [0, 0.05) is 52.4 Å². The number of benzene rings is 1. The van der Waals surface area contributed by atoms with Crippen molar-refractivity contribution in [1.29, 1.82) is 0 Å². The van der Waals surface area contributed by atoms with Crippen LogP contribution in [0.25, 0.3) is 0 Å². The van der Waals surface area contributed by atoms with E-state index in [0.717, 1.165) is 43.9 Å². The second kappa shape index (κ2) is 9.19. The first-order valence-corrected chi connectivity index (χ1v) is 10.5. The maximum absolute atomic E-state index is 12.8. The van der Waals surface area contributed by atoms with Gasteiger partial charge in [-0.3, -0.25) is 4.79 Å². The van der Waals surface area contributed by atoms with Crippen LogP contribution in [-0.2, 0) is 0 Å². The highest BCUT2D eigenvalue weighted by Crippen LogP contribution is 2.27. The van der Waals surface area contributed by atoms with E-state index >= 15 is 0 Å². The van der Waals surface area contributed by atoms with Gasteiger partial charge in [0.05, 0.1) is 5.56 Å². The Hall–Kier alpha value is -3.08. The number of para-hydroxylation sites is 1. The van der Waals surface area contributed by atoms with Crippen LogP contribution >= 0.6 is 0 Å². The molecule has 3 heterocycles. The van der Waals surface area contributed by atoms with Crippen molar-refractivity contribution in [3.05, 3.63) is 42.0 Å². The number of hydrogen-bond acceptors (Lipinski definition) is 7. The minimum Gasteiger partial charge on any atom is -0.405 e. The first kappa shape index (κ1) is 22.1. The number of anilines is 2. The molecule has 2 fully saturated rings. The quantitative estimate of drug-likeness (QED) is 0.707. The van der Waals surface area contributed by atoms with Crippen molar-refractivity contribution in [3.8, 4) is 5.75 Å². The highest BCUT2D eigenvalue weighted by atomic mass is 19.4. The van der Waals surface area contributed by atoms with Gasteiger partial charge in [0.15, 0.2) is 11.6 Å². The fourth-order valence-electron chi connectivity index (χ4n) is 3.86. The summed E-state index contributed by atoms with van der Waals surface area (Å²) in [6.07, 6.45) is -4.86. The molecule has 0 radical (unpaired) electrons. The Morgan fingerprint density at radius 3 is 1.91 bits per heavy atom. The van der Waals surface area contributed by atoms with Crippen molar-refractivity contribution >= 4 is 17.5 Å². The molecule has 172 valence electrons. The van der Waals surface area contributed by atoms with Crippen LogP contribution < -0.4 is 14.5 Å². The summed E-state index contributed by atoms with van der Waals surface area (Å²) >= 11 is 0. The molecule has 0 atom stereocenters. The molecule has 0 aliphatic carbocycles. The maximum Gasteiger partial charge on any atom is 0.573 e. The lowest BCUT2D eigenvalue weighted by molar-refractivity contribution is -0.274. The first-order chi connectivity index (χ1) is 15.3. The Balaban J connectivity index is 1.36. The molecule has 2 aromatic rings. The molecule has 4 rings (SSSR count). The SMILES string of the molecule is CN1CCN(c2ccc(N3CCN(C(=O)c4ccccc4OC(F)(F)F)CC3)nn2)CC1. The van der Waals surface area contributed by atoms with Gasteiger partial charge in [-0.05, 0) is 31.3 Å². The van der Waals surface area contributed by atoms with Crippen molar-refractivity contribution in [2.45, 2.75) is 6.36 Å². The van der Waals surface area contributed by atoms with Gasteiger partial charge < -0.3 is 24.3 Å². The summed E-state index contributed by atoms with van der Waals surface area (Å²) in [6, 6.07) is 9.29. The lowest BCUT2D eigenvalue weighted by atomic mass is 10.1. The molecule has 0 saturated carbocycles. The zero-order valence-electron chi connectivity index (χ0n) is 17.8. The van der Waals surface area contributed by atoms with E-state index in [1.54, 1.807) is 0 Å². The topological polar surface area (TPSA) is 65.0 Å². The van der Waals surface area contributed by atoms with Crippen LogP contribution in [0.4, 0.5) is 24.8 Å². The minimum absolute atomic E-state index is 0.102. The minimum atomic E-state index is -4.86. The molecule has 32 heavy (non-hydrogen) atoms. The smallest absolute Gasteiger partial charge is 0.405 e. The Morgan fingerprint density at radius 2 is 1.38 bits per heavy atom. The molecule has 2 aliphatic heterocycles. The molecule has 0 bridgehead atoms. The summed E-state index contributed by atoms with van der Waals surface area (Å²) in [5.74, 6) is 0.589. The summed E-state index contributed by atoms with van der Waals surface area (Å²) in [7, 11) is 2.10. The monoisotopic (exact) mass is 450 g/mol. The molecule has 1 aromatic carbocycles. The predicted molar refractivity (Wildman–Crippen MR) is 113 cm³/mol. The van der Waals surface area contributed by atoms with Crippen LogP contribution in [0.3, 0.4) is 0 Å². The Morgan fingerprint density at radius 1 is 0.844 bits per heavy atom. The third kappa shape index (κ3) is 5.21. The molecule has 1 amide bonds. The van der Waals surface area contributed by atoms with Crippen LogP contribution in [0, 0.1) is 0 Å². The van der Waals surface area contributed by atoms with E-state index in [9.17, 15) is 18.0 Å². The summed E-state index contributed by atoms with van der Waals surface area (Å²) in [6.45, 7) is 5.53. The van der Waals surface area contributed by atoms with Gasteiger partial charge in [0.2, 0.25) is 0 Å². The van der Waals surface area contributed by atoms with Gasteiger partial charge in [-0.15, -0.1) is 23.4 Å². The highest BCUT2D eigenvalue weighted by molar-refractivity contribution is 5.97. The van der Waals surface area contributed by atoms with E-state index in [1.807, 2.05) is 17.0 Å². The third-order valence-corrected chi connectivity index (χ3v) is 5.70. The summed E-state index contributed by atoms with van der Waals surface area (Å²) in [5, 5.41) is 8.71. The van der Waals surface area contributed by atoms with E-state index < -0.39 is 18.0 Å². The van der Waals surface area contributed by atoms with Gasteiger partial charge in [-0.25, -0.2) is 0 Å². The fraction of sp³-hybridized carbons (Fsp3) is 0.476. The number of aromatic nitrogens is 2. The summed E-state index contributed by atoms with van der Waals surface area (Å²) < 4.78 is 42.0. The number of piperazine rings is 2.